The maximum atomic E-state index is 12.6. The van der Waals surface area contributed by atoms with Crippen LogP contribution in [0.5, 0.6) is 0 Å². The van der Waals surface area contributed by atoms with Gasteiger partial charge >= 0.3 is 0 Å². The van der Waals surface area contributed by atoms with Crippen LogP contribution in [-0.4, -0.2) is 63.2 Å². The van der Waals surface area contributed by atoms with Gasteiger partial charge in [-0.2, -0.15) is 0 Å². The predicted octanol–water partition coefficient (Wildman–Crippen LogP) is 1.44. The number of rotatable bonds is 5. The molecule has 1 fully saturated rings. The second-order valence-electron chi connectivity index (χ2n) is 6.09. The fourth-order valence-electron chi connectivity index (χ4n) is 2.60. The number of carbonyl (C=O) groups excluding carboxylic acids is 1. The molecule has 1 unspecified atom stereocenters. The van der Waals surface area contributed by atoms with Crippen molar-refractivity contribution in [1.29, 1.82) is 0 Å². The first-order valence-electron chi connectivity index (χ1n) is 8.59. The molecule has 1 aliphatic rings. The highest BCUT2D eigenvalue weighted by atomic mass is 16.2. The second kappa shape index (κ2) is 7.87. The van der Waals surface area contributed by atoms with Crippen LogP contribution in [0.2, 0.25) is 0 Å². The SMILES string of the molecule is CCC(C)Nc1ccc(C(=O)N2CCN(c3ncccn3)CC2)nn1. The van der Waals surface area contributed by atoms with Gasteiger partial charge in [0, 0.05) is 44.6 Å². The van der Waals surface area contributed by atoms with Gasteiger partial charge in [-0.15, -0.1) is 10.2 Å². The summed E-state index contributed by atoms with van der Waals surface area (Å²) in [4.78, 5) is 25.0. The Balaban J connectivity index is 1.57. The Morgan fingerprint density at radius 1 is 1.16 bits per heavy atom. The van der Waals surface area contributed by atoms with Crippen molar-refractivity contribution in [3.05, 3.63) is 36.3 Å². The number of nitrogens with one attached hydrogen (secondary N) is 1. The van der Waals surface area contributed by atoms with Crippen LogP contribution in [-0.2, 0) is 0 Å². The second-order valence-corrected chi connectivity index (χ2v) is 6.09. The number of carbonyl (C=O) groups is 1. The quantitative estimate of drug-likeness (QED) is 0.880. The number of aromatic nitrogens is 4. The average Bonchev–Trinajstić information content (AvgIpc) is 2.69. The molecule has 25 heavy (non-hydrogen) atoms. The van der Waals surface area contributed by atoms with Gasteiger partial charge in [0.25, 0.3) is 5.91 Å². The summed E-state index contributed by atoms with van der Waals surface area (Å²) in [7, 11) is 0. The molecule has 2 aromatic rings. The standard InChI is InChI=1S/C17H23N7O/c1-3-13(2)20-15-6-5-14(21-22-15)16(25)23-9-11-24(12-10-23)17-18-7-4-8-19-17/h4-8,13H,3,9-12H2,1-2H3,(H,20,22). The minimum absolute atomic E-state index is 0.0868. The van der Waals surface area contributed by atoms with E-state index in [2.05, 4.69) is 44.2 Å². The average molecular weight is 341 g/mol. The molecule has 0 aromatic carbocycles. The molecule has 0 saturated carbocycles. The van der Waals surface area contributed by atoms with Crippen LogP contribution in [0.4, 0.5) is 11.8 Å². The first-order chi connectivity index (χ1) is 12.2. The van der Waals surface area contributed by atoms with Gasteiger partial charge in [-0.25, -0.2) is 9.97 Å². The van der Waals surface area contributed by atoms with Gasteiger partial charge < -0.3 is 15.1 Å². The molecule has 1 aliphatic heterocycles. The molecule has 1 atom stereocenters. The lowest BCUT2D eigenvalue weighted by atomic mass is 10.2. The van der Waals surface area contributed by atoms with Crippen molar-refractivity contribution in [3.8, 4) is 0 Å². The van der Waals surface area contributed by atoms with E-state index >= 15 is 0 Å². The van der Waals surface area contributed by atoms with Gasteiger partial charge in [-0.3, -0.25) is 4.79 Å². The minimum Gasteiger partial charge on any atom is -0.366 e. The third-order valence-electron chi connectivity index (χ3n) is 4.29. The van der Waals surface area contributed by atoms with Crippen molar-refractivity contribution in [3.63, 3.8) is 0 Å². The summed E-state index contributed by atoms with van der Waals surface area (Å²) < 4.78 is 0. The highest BCUT2D eigenvalue weighted by Crippen LogP contribution is 2.12. The van der Waals surface area contributed by atoms with Gasteiger partial charge in [0.1, 0.15) is 5.82 Å². The molecule has 3 rings (SSSR count). The van der Waals surface area contributed by atoms with Crippen LogP contribution in [0.25, 0.3) is 0 Å². The van der Waals surface area contributed by atoms with E-state index in [9.17, 15) is 4.79 Å². The van der Waals surface area contributed by atoms with Crippen LogP contribution in [0, 0.1) is 0 Å². The number of anilines is 2. The highest BCUT2D eigenvalue weighted by Gasteiger charge is 2.24. The topological polar surface area (TPSA) is 87.1 Å². The summed E-state index contributed by atoms with van der Waals surface area (Å²) in [5.74, 6) is 1.31. The molecular formula is C17H23N7O. The van der Waals surface area contributed by atoms with E-state index in [4.69, 9.17) is 0 Å². The maximum Gasteiger partial charge on any atom is 0.274 e. The third-order valence-corrected chi connectivity index (χ3v) is 4.29. The van der Waals surface area contributed by atoms with Gasteiger partial charge in [-0.05, 0) is 31.5 Å². The zero-order chi connectivity index (χ0) is 17.6. The van der Waals surface area contributed by atoms with E-state index in [0.29, 0.717) is 49.7 Å². The summed E-state index contributed by atoms with van der Waals surface area (Å²) in [5.41, 5.74) is 0.374. The molecule has 0 radical (unpaired) electrons. The van der Waals surface area contributed by atoms with E-state index in [-0.39, 0.29) is 5.91 Å². The molecule has 0 spiro atoms. The Hall–Kier alpha value is -2.77. The molecule has 1 N–H and O–H groups in total. The van der Waals surface area contributed by atoms with Gasteiger partial charge in [-0.1, -0.05) is 6.92 Å². The molecule has 8 nitrogen and oxygen atoms in total. The number of hydrogen-bond acceptors (Lipinski definition) is 7. The van der Waals surface area contributed by atoms with Crippen molar-refractivity contribution < 1.29 is 4.79 Å². The molecule has 1 saturated heterocycles. The Labute approximate surface area is 147 Å². The Morgan fingerprint density at radius 3 is 2.48 bits per heavy atom. The lowest BCUT2D eigenvalue weighted by molar-refractivity contribution is 0.0739. The van der Waals surface area contributed by atoms with E-state index in [1.54, 1.807) is 35.5 Å². The molecule has 2 aromatic heterocycles. The third kappa shape index (κ3) is 4.20. The molecule has 8 heteroatoms. The van der Waals surface area contributed by atoms with E-state index in [1.165, 1.54) is 0 Å². The fraction of sp³-hybridized carbons (Fsp3) is 0.471. The zero-order valence-electron chi connectivity index (χ0n) is 14.6. The zero-order valence-corrected chi connectivity index (χ0v) is 14.6. The lowest BCUT2D eigenvalue weighted by Gasteiger charge is -2.34. The largest absolute Gasteiger partial charge is 0.366 e. The monoisotopic (exact) mass is 341 g/mol. The van der Waals surface area contributed by atoms with Crippen LogP contribution in [0.3, 0.4) is 0 Å². The van der Waals surface area contributed by atoms with E-state index in [0.717, 1.165) is 6.42 Å². The number of amides is 1. The summed E-state index contributed by atoms with van der Waals surface area (Å²) in [5, 5.41) is 11.4. The lowest BCUT2D eigenvalue weighted by Crippen LogP contribution is -2.49. The van der Waals surface area contributed by atoms with Crippen LogP contribution in [0.15, 0.2) is 30.6 Å². The van der Waals surface area contributed by atoms with Crippen molar-refractivity contribution in [2.24, 2.45) is 0 Å². The molecule has 1 amide bonds. The molecule has 132 valence electrons. The number of nitrogens with zero attached hydrogens (tertiary/aromatic N) is 6. The molecule has 0 aliphatic carbocycles. The highest BCUT2D eigenvalue weighted by molar-refractivity contribution is 5.92. The Bertz CT molecular complexity index is 684. The Morgan fingerprint density at radius 2 is 1.88 bits per heavy atom. The van der Waals surface area contributed by atoms with Gasteiger partial charge in [0.05, 0.1) is 0 Å². The number of piperazine rings is 1. The molecule has 3 heterocycles. The first kappa shape index (κ1) is 17.1. The summed E-state index contributed by atoms with van der Waals surface area (Å²) in [6.07, 6.45) is 4.45. The van der Waals surface area contributed by atoms with E-state index < -0.39 is 0 Å². The van der Waals surface area contributed by atoms with Crippen molar-refractivity contribution in [2.45, 2.75) is 26.3 Å². The van der Waals surface area contributed by atoms with Crippen LogP contribution >= 0.6 is 0 Å². The van der Waals surface area contributed by atoms with E-state index in [1.807, 2.05) is 0 Å². The van der Waals surface area contributed by atoms with Crippen molar-refractivity contribution in [1.82, 2.24) is 25.1 Å². The van der Waals surface area contributed by atoms with Gasteiger partial charge in [0.15, 0.2) is 5.69 Å². The fourth-order valence-corrected chi connectivity index (χ4v) is 2.60. The van der Waals surface area contributed by atoms with Crippen LogP contribution in [0.1, 0.15) is 30.8 Å². The van der Waals surface area contributed by atoms with Crippen molar-refractivity contribution in [2.75, 3.05) is 36.4 Å². The Kier molecular flexibility index (Phi) is 5.37. The van der Waals surface area contributed by atoms with Crippen molar-refractivity contribution >= 4 is 17.7 Å². The minimum atomic E-state index is -0.0868. The smallest absolute Gasteiger partial charge is 0.274 e. The molecular weight excluding hydrogens is 318 g/mol. The normalized spacial score (nSPS) is 15.8. The number of hydrogen-bond donors (Lipinski definition) is 1. The van der Waals surface area contributed by atoms with Gasteiger partial charge in [0.2, 0.25) is 5.95 Å². The summed E-state index contributed by atoms with van der Waals surface area (Å²) >= 11 is 0. The van der Waals surface area contributed by atoms with Crippen LogP contribution < -0.4 is 10.2 Å². The summed E-state index contributed by atoms with van der Waals surface area (Å²) in [6.45, 7) is 6.82. The first-order valence-corrected chi connectivity index (χ1v) is 8.59. The predicted molar refractivity (Wildman–Crippen MR) is 95.6 cm³/mol. The summed E-state index contributed by atoms with van der Waals surface area (Å²) in [6, 6.07) is 5.65. The molecule has 0 bridgehead atoms. The maximum absolute atomic E-state index is 12.6.